The zero-order chi connectivity index (χ0) is 16.2. The van der Waals surface area contributed by atoms with Gasteiger partial charge < -0.3 is 4.90 Å². The number of hydrogen-bond donors (Lipinski definition) is 1. The number of nitrogens with one attached hydrogen (secondary N) is 1. The molecule has 23 heavy (non-hydrogen) atoms. The van der Waals surface area contributed by atoms with Crippen LogP contribution >= 0.6 is 11.3 Å². The lowest BCUT2D eigenvalue weighted by Crippen LogP contribution is -2.08. The standard InChI is InChI=1S/C18H17N3OS/c1-21(2)14-10-7-13(8-11-14)9-12-17(22)20-18-19-15-5-3-4-6-16(15)23-18/h3-12H,1-2H3,(H,19,20,22)/b12-9+. The van der Waals surface area contributed by atoms with Crippen LogP contribution in [0.25, 0.3) is 16.3 Å². The molecule has 0 aliphatic heterocycles. The summed E-state index contributed by atoms with van der Waals surface area (Å²) in [4.78, 5) is 18.4. The zero-order valence-electron chi connectivity index (χ0n) is 13.0. The molecule has 0 aliphatic rings. The largest absolute Gasteiger partial charge is 0.378 e. The Kier molecular flexibility index (Phi) is 4.39. The molecule has 116 valence electrons. The molecule has 1 heterocycles. The number of nitrogens with zero attached hydrogens (tertiary/aromatic N) is 2. The molecule has 1 amide bonds. The zero-order valence-corrected chi connectivity index (χ0v) is 13.8. The third-order valence-corrected chi connectivity index (χ3v) is 4.31. The fourth-order valence-electron chi connectivity index (χ4n) is 2.13. The van der Waals surface area contributed by atoms with E-state index in [2.05, 4.69) is 10.3 Å². The highest BCUT2D eigenvalue weighted by Crippen LogP contribution is 2.25. The van der Waals surface area contributed by atoms with Crippen LogP contribution < -0.4 is 10.2 Å². The normalized spacial score (nSPS) is 11.0. The molecule has 0 radical (unpaired) electrons. The maximum Gasteiger partial charge on any atom is 0.250 e. The minimum atomic E-state index is -0.180. The van der Waals surface area contributed by atoms with E-state index in [4.69, 9.17) is 0 Å². The van der Waals surface area contributed by atoms with Crippen LogP contribution in [0.15, 0.2) is 54.6 Å². The number of fused-ring (bicyclic) bond motifs is 1. The smallest absolute Gasteiger partial charge is 0.250 e. The number of amides is 1. The van der Waals surface area contributed by atoms with Crippen molar-refractivity contribution in [1.29, 1.82) is 0 Å². The Bertz CT molecular complexity index is 817. The van der Waals surface area contributed by atoms with Crippen molar-refractivity contribution in [2.75, 3.05) is 24.3 Å². The number of anilines is 2. The van der Waals surface area contributed by atoms with Crippen LogP contribution in [0, 0.1) is 0 Å². The van der Waals surface area contributed by atoms with E-state index in [1.165, 1.54) is 17.4 Å². The van der Waals surface area contributed by atoms with E-state index in [9.17, 15) is 4.79 Å². The molecule has 0 saturated heterocycles. The van der Waals surface area contributed by atoms with Crippen molar-refractivity contribution in [3.8, 4) is 0 Å². The van der Waals surface area contributed by atoms with Gasteiger partial charge in [0.2, 0.25) is 5.91 Å². The van der Waals surface area contributed by atoms with Crippen LogP contribution in [0.2, 0.25) is 0 Å². The summed E-state index contributed by atoms with van der Waals surface area (Å²) >= 11 is 1.47. The summed E-state index contributed by atoms with van der Waals surface area (Å²) in [6, 6.07) is 15.8. The molecule has 0 fully saturated rings. The monoisotopic (exact) mass is 323 g/mol. The summed E-state index contributed by atoms with van der Waals surface area (Å²) in [5.41, 5.74) is 3.01. The van der Waals surface area contributed by atoms with E-state index >= 15 is 0 Å². The van der Waals surface area contributed by atoms with Gasteiger partial charge in [0.1, 0.15) is 0 Å². The molecule has 3 rings (SSSR count). The van der Waals surface area contributed by atoms with Crippen molar-refractivity contribution < 1.29 is 4.79 Å². The molecule has 3 aromatic rings. The Hall–Kier alpha value is -2.66. The highest BCUT2D eigenvalue weighted by molar-refractivity contribution is 7.22. The number of rotatable bonds is 4. The number of aromatic nitrogens is 1. The summed E-state index contributed by atoms with van der Waals surface area (Å²) in [5.74, 6) is -0.180. The quantitative estimate of drug-likeness (QED) is 0.738. The lowest BCUT2D eigenvalue weighted by Gasteiger charge is -2.11. The van der Waals surface area contributed by atoms with Crippen molar-refractivity contribution in [3.05, 3.63) is 60.2 Å². The first kappa shape index (κ1) is 15.2. The van der Waals surface area contributed by atoms with Gasteiger partial charge >= 0.3 is 0 Å². The van der Waals surface area contributed by atoms with E-state index in [-0.39, 0.29) is 5.91 Å². The van der Waals surface area contributed by atoms with E-state index in [1.807, 2.05) is 67.5 Å². The van der Waals surface area contributed by atoms with Crippen molar-refractivity contribution in [2.24, 2.45) is 0 Å². The van der Waals surface area contributed by atoms with E-state index in [0.29, 0.717) is 5.13 Å². The fourth-order valence-corrected chi connectivity index (χ4v) is 3.00. The van der Waals surface area contributed by atoms with E-state index in [0.717, 1.165) is 21.5 Å². The summed E-state index contributed by atoms with van der Waals surface area (Å²) in [6.07, 6.45) is 3.32. The van der Waals surface area contributed by atoms with Gasteiger partial charge in [-0.15, -0.1) is 0 Å². The van der Waals surface area contributed by atoms with Crippen molar-refractivity contribution in [1.82, 2.24) is 4.98 Å². The SMILES string of the molecule is CN(C)c1ccc(/C=C/C(=O)Nc2nc3ccccc3s2)cc1. The van der Waals surface area contributed by atoms with Crippen LogP contribution in [0.1, 0.15) is 5.56 Å². The first-order valence-corrected chi connectivity index (χ1v) is 8.05. The number of benzene rings is 2. The van der Waals surface area contributed by atoms with Gasteiger partial charge in [0.15, 0.2) is 5.13 Å². The van der Waals surface area contributed by atoms with Crippen molar-refractivity contribution >= 4 is 44.4 Å². The van der Waals surface area contributed by atoms with Crippen LogP contribution in [-0.2, 0) is 4.79 Å². The predicted octanol–water partition coefficient (Wildman–Crippen LogP) is 4.01. The second-order valence-electron chi connectivity index (χ2n) is 5.30. The van der Waals surface area contributed by atoms with Gasteiger partial charge in [0, 0.05) is 25.9 Å². The molecule has 2 aromatic carbocycles. The lowest BCUT2D eigenvalue weighted by molar-refractivity contribution is -0.111. The molecule has 5 heteroatoms. The topological polar surface area (TPSA) is 45.2 Å². The van der Waals surface area contributed by atoms with Gasteiger partial charge in [0.25, 0.3) is 0 Å². The van der Waals surface area contributed by atoms with Gasteiger partial charge in [-0.05, 0) is 35.9 Å². The third kappa shape index (κ3) is 3.76. The first-order valence-electron chi connectivity index (χ1n) is 7.24. The second-order valence-corrected chi connectivity index (χ2v) is 6.33. The summed E-state index contributed by atoms with van der Waals surface area (Å²) in [7, 11) is 3.99. The Labute approximate surface area is 139 Å². The van der Waals surface area contributed by atoms with Gasteiger partial charge in [-0.3, -0.25) is 10.1 Å². The highest BCUT2D eigenvalue weighted by atomic mass is 32.1. The van der Waals surface area contributed by atoms with E-state index in [1.54, 1.807) is 6.08 Å². The van der Waals surface area contributed by atoms with Crippen LogP contribution in [0.3, 0.4) is 0 Å². The predicted molar refractivity (Wildman–Crippen MR) is 98.1 cm³/mol. The Balaban J connectivity index is 1.66. The molecule has 4 nitrogen and oxygen atoms in total. The fraction of sp³-hybridized carbons (Fsp3) is 0.111. The number of para-hydroxylation sites is 1. The Morgan fingerprint density at radius 2 is 1.87 bits per heavy atom. The van der Waals surface area contributed by atoms with Gasteiger partial charge in [-0.1, -0.05) is 35.6 Å². The number of carbonyl (C=O) groups excluding carboxylic acids is 1. The average Bonchev–Trinajstić information content (AvgIpc) is 2.95. The molecule has 1 N–H and O–H groups in total. The molecular weight excluding hydrogens is 306 g/mol. The molecule has 0 aliphatic carbocycles. The van der Waals surface area contributed by atoms with Crippen LogP contribution in [0.4, 0.5) is 10.8 Å². The third-order valence-electron chi connectivity index (χ3n) is 3.36. The minimum absolute atomic E-state index is 0.180. The Morgan fingerprint density at radius 3 is 2.57 bits per heavy atom. The van der Waals surface area contributed by atoms with Gasteiger partial charge in [-0.2, -0.15) is 0 Å². The molecule has 0 unspecified atom stereocenters. The number of hydrogen-bond acceptors (Lipinski definition) is 4. The lowest BCUT2D eigenvalue weighted by atomic mass is 10.2. The molecule has 0 atom stereocenters. The van der Waals surface area contributed by atoms with Gasteiger partial charge in [-0.25, -0.2) is 4.98 Å². The van der Waals surface area contributed by atoms with Crippen molar-refractivity contribution in [2.45, 2.75) is 0 Å². The van der Waals surface area contributed by atoms with Crippen molar-refractivity contribution in [3.63, 3.8) is 0 Å². The summed E-state index contributed by atoms with van der Waals surface area (Å²) in [5, 5.41) is 3.42. The highest BCUT2D eigenvalue weighted by Gasteiger charge is 2.05. The maximum atomic E-state index is 12.0. The maximum absolute atomic E-state index is 12.0. The van der Waals surface area contributed by atoms with Gasteiger partial charge in [0.05, 0.1) is 10.2 Å². The van der Waals surface area contributed by atoms with Crippen LogP contribution in [0.5, 0.6) is 0 Å². The molecule has 1 aromatic heterocycles. The minimum Gasteiger partial charge on any atom is -0.378 e. The molecule has 0 spiro atoms. The first-order chi connectivity index (χ1) is 11.1. The Morgan fingerprint density at radius 1 is 1.13 bits per heavy atom. The average molecular weight is 323 g/mol. The molecular formula is C18H17N3OS. The summed E-state index contributed by atoms with van der Waals surface area (Å²) in [6.45, 7) is 0. The van der Waals surface area contributed by atoms with Crippen LogP contribution in [-0.4, -0.2) is 25.0 Å². The number of carbonyl (C=O) groups is 1. The molecule has 0 saturated carbocycles. The van der Waals surface area contributed by atoms with E-state index < -0.39 is 0 Å². The second kappa shape index (κ2) is 6.62. The summed E-state index contributed by atoms with van der Waals surface area (Å²) < 4.78 is 1.06. The number of thiazole rings is 1. The molecule has 0 bridgehead atoms.